The van der Waals surface area contributed by atoms with Crippen LogP contribution in [0.3, 0.4) is 0 Å². The van der Waals surface area contributed by atoms with Crippen LogP contribution in [0.2, 0.25) is 5.32 Å². The van der Waals surface area contributed by atoms with Gasteiger partial charge in [-0.1, -0.05) is 0 Å². The average Bonchev–Trinajstić information content (AvgIpc) is 2.55. The van der Waals surface area contributed by atoms with Gasteiger partial charge in [-0.2, -0.15) is 0 Å². The van der Waals surface area contributed by atoms with Crippen molar-refractivity contribution in [3.05, 3.63) is 40.9 Å². The molecule has 0 N–H and O–H groups in total. The topological polar surface area (TPSA) is 9.23 Å². The molecule has 1 aliphatic carbocycles. The van der Waals surface area contributed by atoms with Gasteiger partial charge in [-0.25, -0.2) is 0 Å². The molecule has 2 fully saturated rings. The monoisotopic (exact) mass is 414 g/mol. The van der Waals surface area contributed by atoms with E-state index in [2.05, 4.69) is 51.2 Å². The van der Waals surface area contributed by atoms with Gasteiger partial charge >= 0.3 is 143 Å². The van der Waals surface area contributed by atoms with Gasteiger partial charge in [0.2, 0.25) is 0 Å². The van der Waals surface area contributed by atoms with Crippen LogP contribution >= 0.6 is 15.9 Å². The summed E-state index contributed by atoms with van der Waals surface area (Å²) in [7, 11) is 0. The van der Waals surface area contributed by atoms with Crippen molar-refractivity contribution >= 4 is 35.3 Å². The molecule has 1 unspecified atom stereocenters. The number of rotatable bonds is 3. The summed E-state index contributed by atoms with van der Waals surface area (Å²) in [6, 6.07) is 11.0. The van der Waals surface area contributed by atoms with Crippen molar-refractivity contribution in [2.75, 3.05) is 6.61 Å². The first-order valence-electron chi connectivity index (χ1n) is 7.92. The van der Waals surface area contributed by atoms with Crippen molar-refractivity contribution in [3.8, 4) is 0 Å². The van der Waals surface area contributed by atoms with Gasteiger partial charge in [0.25, 0.3) is 0 Å². The Morgan fingerprint density at radius 1 is 1.19 bits per heavy atom. The van der Waals surface area contributed by atoms with Crippen molar-refractivity contribution < 1.29 is 4.74 Å². The SMILES string of the molecule is Br/C=C1/COC2(CCCCC2)CC1C[Se]c1ccccc1. The third-order valence-corrected chi connectivity index (χ3v) is 7.84. The molecule has 0 amide bonds. The molecule has 0 radical (unpaired) electrons. The van der Waals surface area contributed by atoms with Crippen LogP contribution in [0.15, 0.2) is 40.9 Å². The maximum atomic E-state index is 6.30. The van der Waals surface area contributed by atoms with E-state index in [9.17, 15) is 0 Å². The molecule has 0 bridgehead atoms. The molecule has 1 saturated heterocycles. The Bertz CT molecular complexity index is 479. The van der Waals surface area contributed by atoms with E-state index in [1.54, 1.807) is 0 Å². The van der Waals surface area contributed by atoms with Crippen molar-refractivity contribution in [2.24, 2.45) is 5.92 Å². The Hall–Kier alpha value is -0.0805. The summed E-state index contributed by atoms with van der Waals surface area (Å²) in [6.07, 6.45) is 7.88. The van der Waals surface area contributed by atoms with Crippen LogP contribution in [0.4, 0.5) is 0 Å². The molecular weight excluding hydrogens is 391 g/mol. The molecule has 0 aromatic heterocycles. The quantitative estimate of drug-likeness (QED) is 0.665. The van der Waals surface area contributed by atoms with Crippen LogP contribution in [0, 0.1) is 5.92 Å². The second-order valence-corrected chi connectivity index (χ2v) is 8.99. The molecule has 21 heavy (non-hydrogen) atoms. The minimum absolute atomic E-state index is 0.204. The Morgan fingerprint density at radius 3 is 2.67 bits per heavy atom. The molecule has 114 valence electrons. The molecule has 1 nitrogen and oxygen atoms in total. The van der Waals surface area contributed by atoms with Crippen LogP contribution in [0.5, 0.6) is 0 Å². The van der Waals surface area contributed by atoms with Crippen molar-refractivity contribution in [1.82, 2.24) is 0 Å². The van der Waals surface area contributed by atoms with Gasteiger partial charge in [0, 0.05) is 0 Å². The predicted octanol–water partition coefficient (Wildman–Crippen LogP) is 4.45. The normalized spacial score (nSPS) is 27.1. The number of hydrogen-bond acceptors (Lipinski definition) is 1. The summed E-state index contributed by atoms with van der Waals surface area (Å²) >= 11 is 4.12. The summed E-state index contributed by atoms with van der Waals surface area (Å²) < 4.78 is 7.82. The van der Waals surface area contributed by atoms with E-state index in [1.165, 1.54) is 53.9 Å². The number of benzene rings is 1. The number of ether oxygens (including phenoxy) is 1. The first kappa shape index (κ1) is 15.8. The van der Waals surface area contributed by atoms with Crippen molar-refractivity contribution in [3.63, 3.8) is 0 Å². The number of halogens is 1. The fourth-order valence-corrected chi connectivity index (χ4v) is 6.30. The Morgan fingerprint density at radius 2 is 1.95 bits per heavy atom. The van der Waals surface area contributed by atoms with Gasteiger partial charge in [0.15, 0.2) is 0 Å². The molecule has 1 aliphatic heterocycles. The fourth-order valence-electron chi connectivity index (χ4n) is 3.54. The molecule has 1 heterocycles. The van der Waals surface area contributed by atoms with E-state index in [1.807, 2.05) is 0 Å². The van der Waals surface area contributed by atoms with E-state index in [-0.39, 0.29) is 5.60 Å². The van der Waals surface area contributed by atoms with Crippen LogP contribution in [-0.2, 0) is 4.74 Å². The van der Waals surface area contributed by atoms with Gasteiger partial charge in [0.1, 0.15) is 0 Å². The van der Waals surface area contributed by atoms with Crippen molar-refractivity contribution in [2.45, 2.75) is 49.4 Å². The van der Waals surface area contributed by atoms with Gasteiger partial charge in [0.05, 0.1) is 0 Å². The Balaban J connectivity index is 1.65. The first-order chi connectivity index (χ1) is 10.3. The van der Waals surface area contributed by atoms with Crippen molar-refractivity contribution in [1.29, 1.82) is 0 Å². The second-order valence-electron chi connectivity index (χ2n) is 6.24. The Kier molecular flexibility index (Phi) is 5.61. The summed E-state index contributed by atoms with van der Waals surface area (Å²) in [5.74, 6) is 0.705. The number of hydrogen-bond donors (Lipinski definition) is 0. The predicted molar refractivity (Wildman–Crippen MR) is 93.5 cm³/mol. The van der Waals surface area contributed by atoms with Crippen LogP contribution < -0.4 is 4.46 Å². The first-order valence-corrected chi connectivity index (χ1v) is 10.9. The summed E-state index contributed by atoms with van der Waals surface area (Å²) in [5.41, 5.74) is 1.67. The standard InChI is InChI=1S/C18H23BrOSe/c19-12-16-13-20-18(9-5-2-6-10-18)11-15(16)14-21-17-7-3-1-4-8-17/h1,3-4,7-8,12,15H,2,5-6,9-11,13-14H2/b16-12-. The zero-order valence-electron chi connectivity index (χ0n) is 12.4. The maximum absolute atomic E-state index is 6.30. The average molecular weight is 414 g/mol. The molecule has 3 rings (SSSR count). The van der Waals surface area contributed by atoms with Gasteiger partial charge in [-0.3, -0.25) is 0 Å². The van der Waals surface area contributed by atoms with Gasteiger partial charge in [-0.15, -0.1) is 0 Å². The Labute approximate surface area is 142 Å². The van der Waals surface area contributed by atoms with Gasteiger partial charge < -0.3 is 0 Å². The fraction of sp³-hybridized carbons (Fsp3) is 0.556. The van der Waals surface area contributed by atoms with E-state index in [0.717, 1.165) is 6.61 Å². The summed E-state index contributed by atoms with van der Waals surface area (Å²) in [4.78, 5) is 2.12. The third kappa shape index (κ3) is 4.01. The molecule has 1 spiro atoms. The molecule has 3 heteroatoms. The van der Waals surface area contributed by atoms with E-state index < -0.39 is 0 Å². The molecule has 1 aromatic carbocycles. The summed E-state index contributed by atoms with van der Waals surface area (Å²) in [5, 5.41) is 1.31. The van der Waals surface area contributed by atoms with Crippen LogP contribution in [0.1, 0.15) is 38.5 Å². The molecule has 1 aromatic rings. The van der Waals surface area contributed by atoms with E-state index in [0.29, 0.717) is 20.9 Å². The summed E-state index contributed by atoms with van der Waals surface area (Å²) in [6.45, 7) is 0.834. The molecular formula is C18H23BrOSe. The van der Waals surface area contributed by atoms with E-state index in [4.69, 9.17) is 4.74 Å². The van der Waals surface area contributed by atoms with Gasteiger partial charge in [-0.05, 0) is 0 Å². The van der Waals surface area contributed by atoms with Crippen LogP contribution in [-0.4, -0.2) is 27.2 Å². The minimum atomic E-state index is 0.204. The van der Waals surface area contributed by atoms with E-state index >= 15 is 0 Å². The zero-order valence-corrected chi connectivity index (χ0v) is 15.7. The molecule has 1 atom stereocenters. The zero-order chi connectivity index (χ0) is 14.5. The third-order valence-electron chi connectivity index (χ3n) is 4.79. The molecule has 2 aliphatic rings. The second kappa shape index (κ2) is 7.46. The van der Waals surface area contributed by atoms with Crippen LogP contribution in [0.25, 0.3) is 0 Å². The molecule has 1 saturated carbocycles.